The minimum atomic E-state index is -0.331. The number of nitrogens with one attached hydrogen (secondary N) is 1. The molecule has 0 radical (unpaired) electrons. The highest BCUT2D eigenvalue weighted by Crippen LogP contribution is 2.32. The van der Waals surface area contributed by atoms with Crippen molar-refractivity contribution in [3.05, 3.63) is 58.6 Å². The molecule has 2 heterocycles. The monoisotopic (exact) mass is 517 g/mol. The molecule has 4 aromatic rings. The van der Waals surface area contributed by atoms with E-state index in [2.05, 4.69) is 20.6 Å². The van der Waals surface area contributed by atoms with Crippen LogP contribution in [0, 0.1) is 0 Å². The van der Waals surface area contributed by atoms with Gasteiger partial charge < -0.3 is 24.3 Å². The van der Waals surface area contributed by atoms with E-state index in [1.807, 2.05) is 6.07 Å². The van der Waals surface area contributed by atoms with E-state index in [0.29, 0.717) is 39.6 Å². The van der Waals surface area contributed by atoms with Gasteiger partial charge in [0, 0.05) is 11.6 Å². The second-order valence-electron chi connectivity index (χ2n) is 7.07. The summed E-state index contributed by atoms with van der Waals surface area (Å²) in [5.41, 5.74) is 1.29. The van der Waals surface area contributed by atoms with Crippen LogP contribution in [0.1, 0.15) is 0 Å². The Hall–Kier alpha value is -3.76. The lowest BCUT2D eigenvalue weighted by molar-refractivity contribution is -0.123. The number of rotatable bonds is 10. The summed E-state index contributed by atoms with van der Waals surface area (Å²) in [6.07, 6.45) is 0. The van der Waals surface area contributed by atoms with Gasteiger partial charge in [-0.25, -0.2) is 0 Å². The van der Waals surface area contributed by atoms with Crippen LogP contribution in [-0.2, 0) is 4.79 Å². The summed E-state index contributed by atoms with van der Waals surface area (Å²) in [4.78, 5) is 12.0. The number of carbonyl (C=O) groups is 1. The Morgan fingerprint density at radius 1 is 0.971 bits per heavy atom. The van der Waals surface area contributed by atoms with Crippen molar-refractivity contribution in [1.82, 2.24) is 25.1 Å². The molecule has 0 aliphatic carbocycles. The van der Waals surface area contributed by atoms with E-state index >= 15 is 0 Å². The number of benzene rings is 2. The Morgan fingerprint density at radius 3 is 2.60 bits per heavy atom. The van der Waals surface area contributed by atoms with Gasteiger partial charge in [0.15, 0.2) is 29.6 Å². The molecule has 2 aromatic heterocycles. The van der Waals surface area contributed by atoms with Crippen molar-refractivity contribution in [1.29, 1.82) is 0 Å². The highest BCUT2D eigenvalue weighted by molar-refractivity contribution is 6.42. The number of ether oxygens (including phenoxy) is 4. The van der Waals surface area contributed by atoms with Crippen molar-refractivity contribution in [2.24, 2.45) is 0 Å². The third-order valence-corrected chi connectivity index (χ3v) is 5.63. The van der Waals surface area contributed by atoms with E-state index in [0.717, 1.165) is 5.56 Å². The molecule has 0 aliphatic rings. The van der Waals surface area contributed by atoms with E-state index in [-0.39, 0.29) is 30.7 Å². The zero-order valence-corrected chi connectivity index (χ0v) is 20.3. The van der Waals surface area contributed by atoms with Gasteiger partial charge in [0.25, 0.3) is 5.91 Å². The van der Waals surface area contributed by atoms with Crippen molar-refractivity contribution < 1.29 is 23.7 Å². The van der Waals surface area contributed by atoms with Crippen LogP contribution < -0.4 is 24.3 Å². The van der Waals surface area contributed by atoms with Crippen molar-refractivity contribution in [2.45, 2.75) is 0 Å². The fourth-order valence-corrected chi connectivity index (χ4v) is 3.49. The molecule has 2 aromatic carbocycles. The number of aromatic nitrogens is 4. The molecule has 182 valence electrons. The highest BCUT2D eigenvalue weighted by atomic mass is 35.5. The molecule has 0 saturated heterocycles. The molecule has 1 amide bonds. The van der Waals surface area contributed by atoms with E-state index in [9.17, 15) is 4.79 Å². The van der Waals surface area contributed by atoms with Crippen molar-refractivity contribution >= 4 is 34.8 Å². The van der Waals surface area contributed by atoms with Gasteiger partial charge in [-0.2, -0.15) is 4.52 Å². The summed E-state index contributed by atoms with van der Waals surface area (Å²) in [5, 5.41) is 16.1. The number of carbonyl (C=O) groups excluding carboxylic acids is 1. The Morgan fingerprint density at radius 2 is 1.80 bits per heavy atom. The third-order valence-electron chi connectivity index (χ3n) is 4.83. The Labute approximate surface area is 210 Å². The summed E-state index contributed by atoms with van der Waals surface area (Å²) in [6.45, 7) is 0.228. The fourth-order valence-electron chi connectivity index (χ4n) is 3.14. The molecule has 1 N–H and O–H groups in total. The SMILES string of the molecule is COc1ccc(-c2nnc3ccc(OCCNC(=O)COc4cccc(Cl)c4Cl)nn23)cc1OC. The summed E-state index contributed by atoms with van der Waals surface area (Å²) in [7, 11) is 3.13. The van der Waals surface area contributed by atoms with E-state index < -0.39 is 0 Å². The molecule has 0 atom stereocenters. The standard InChI is InChI=1S/C23H21Cl2N5O5/c1-32-16-7-6-14(12-18(16)33-2)23-28-27-19-8-9-21(29-30(19)23)34-11-10-26-20(31)13-35-17-5-3-4-15(24)22(17)25/h3-9,12H,10-11,13H2,1-2H3,(H,26,31). The second kappa shape index (κ2) is 11.1. The first kappa shape index (κ1) is 24.4. The van der Waals surface area contributed by atoms with E-state index in [1.165, 1.54) is 0 Å². The zero-order valence-electron chi connectivity index (χ0n) is 18.8. The number of amides is 1. The number of hydrogen-bond acceptors (Lipinski definition) is 8. The average molecular weight is 518 g/mol. The van der Waals surface area contributed by atoms with Gasteiger partial charge in [-0.3, -0.25) is 4.79 Å². The van der Waals surface area contributed by atoms with Gasteiger partial charge >= 0.3 is 0 Å². The maximum absolute atomic E-state index is 12.0. The minimum absolute atomic E-state index is 0.190. The number of fused-ring (bicyclic) bond motifs is 1. The lowest BCUT2D eigenvalue weighted by Crippen LogP contribution is -2.32. The number of hydrogen-bond donors (Lipinski definition) is 1. The van der Waals surface area contributed by atoms with Gasteiger partial charge in [-0.15, -0.1) is 15.3 Å². The largest absolute Gasteiger partial charge is 0.493 e. The molecular formula is C23H21Cl2N5O5. The van der Waals surface area contributed by atoms with Gasteiger partial charge in [-0.1, -0.05) is 29.3 Å². The van der Waals surface area contributed by atoms with Crippen molar-refractivity contribution in [2.75, 3.05) is 34.0 Å². The van der Waals surface area contributed by atoms with Crippen LogP contribution in [0.15, 0.2) is 48.5 Å². The molecule has 0 spiro atoms. The molecule has 0 aliphatic heterocycles. The number of methoxy groups -OCH3 is 2. The third kappa shape index (κ3) is 5.67. The van der Waals surface area contributed by atoms with Crippen LogP contribution in [0.2, 0.25) is 10.0 Å². The van der Waals surface area contributed by atoms with Crippen LogP contribution in [-0.4, -0.2) is 59.7 Å². The molecule has 4 rings (SSSR count). The average Bonchev–Trinajstić information content (AvgIpc) is 3.30. The Bertz CT molecular complexity index is 1350. The van der Waals surface area contributed by atoms with E-state index in [4.69, 9.17) is 42.1 Å². The Kier molecular flexibility index (Phi) is 7.74. The van der Waals surface area contributed by atoms with Crippen molar-refractivity contribution in [3.63, 3.8) is 0 Å². The smallest absolute Gasteiger partial charge is 0.258 e. The van der Waals surface area contributed by atoms with Crippen molar-refractivity contribution in [3.8, 4) is 34.5 Å². The lowest BCUT2D eigenvalue weighted by atomic mass is 10.2. The topological polar surface area (TPSA) is 109 Å². The predicted molar refractivity (Wildman–Crippen MR) is 130 cm³/mol. The molecular weight excluding hydrogens is 497 g/mol. The highest BCUT2D eigenvalue weighted by Gasteiger charge is 2.14. The Balaban J connectivity index is 1.34. The maximum Gasteiger partial charge on any atom is 0.258 e. The molecule has 0 fully saturated rings. The predicted octanol–water partition coefficient (Wildman–Crippen LogP) is 3.69. The molecule has 0 unspecified atom stereocenters. The first-order valence-corrected chi connectivity index (χ1v) is 11.2. The quantitative estimate of drug-likeness (QED) is 0.317. The minimum Gasteiger partial charge on any atom is -0.493 e. The van der Waals surface area contributed by atoms with Gasteiger partial charge in [0.05, 0.1) is 25.8 Å². The molecule has 12 heteroatoms. The van der Waals surface area contributed by atoms with Crippen LogP contribution in [0.25, 0.3) is 17.0 Å². The van der Waals surface area contributed by atoms with E-state index in [1.54, 1.807) is 61.2 Å². The van der Waals surface area contributed by atoms with Gasteiger partial charge in [-0.05, 0) is 36.4 Å². The fraction of sp³-hybridized carbons (Fsp3) is 0.217. The van der Waals surface area contributed by atoms with Crippen LogP contribution >= 0.6 is 23.2 Å². The van der Waals surface area contributed by atoms with Crippen LogP contribution in [0.4, 0.5) is 0 Å². The maximum atomic E-state index is 12.0. The van der Waals surface area contributed by atoms with Gasteiger partial charge in [0.1, 0.15) is 17.4 Å². The summed E-state index contributed by atoms with van der Waals surface area (Å²) >= 11 is 12.0. The number of nitrogens with zero attached hydrogens (tertiary/aromatic N) is 4. The second-order valence-corrected chi connectivity index (χ2v) is 7.86. The summed E-state index contributed by atoms with van der Waals surface area (Å²) in [6, 6.07) is 13.8. The summed E-state index contributed by atoms with van der Waals surface area (Å²) in [5.74, 6) is 2.02. The van der Waals surface area contributed by atoms with Gasteiger partial charge in [0.2, 0.25) is 5.88 Å². The molecule has 35 heavy (non-hydrogen) atoms. The molecule has 10 nitrogen and oxygen atoms in total. The lowest BCUT2D eigenvalue weighted by Gasteiger charge is -2.10. The molecule has 0 saturated carbocycles. The zero-order chi connectivity index (χ0) is 24.8. The van der Waals surface area contributed by atoms with Crippen LogP contribution in [0.3, 0.4) is 0 Å². The first-order valence-electron chi connectivity index (χ1n) is 10.4. The molecule has 0 bridgehead atoms. The summed E-state index contributed by atoms with van der Waals surface area (Å²) < 4.78 is 23.3. The first-order chi connectivity index (χ1) is 17.0. The van der Waals surface area contributed by atoms with Crippen LogP contribution in [0.5, 0.6) is 23.1 Å². The number of halogens is 2. The normalized spacial score (nSPS) is 10.7.